The van der Waals surface area contributed by atoms with E-state index in [9.17, 15) is 14.4 Å². The fraction of sp³-hybridized carbons (Fsp3) is 0.800. The van der Waals surface area contributed by atoms with Crippen molar-refractivity contribution in [2.24, 2.45) is 0 Å². The molecule has 21 heavy (non-hydrogen) atoms. The molecule has 5 nitrogen and oxygen atoms in total. The number of aliphatic hydroxyl groups excluding tert-OH is 1. The molecule has 0 heterocycles. The molecular weight excluding hydrogens is 288 g/mol. The summed E-state index contributed by atoms with van der Waals surface area (Å²) in [5.74, 6) is -0.770. The van der Waals surface area contributed by atoms with E-state index in [0.717, 1.165) is 38.2 Å². The highest BCUT2D eigenvalue weighted by Crippen LogP contribution is 2.14. The average molecular weight is 318 g/mol. The fourth-order valence-corrected chi connectivity index (χ4v) is 3.35. The van der Waals surface area contributed by atoms with E-state index in [0.29, 0.717) is 13.0 Å². The third kappa shape index (κ3) is 14.0. The SMILES string of the molecule is C=CC(=O)O[Si](O)(O)CCCCCCCCCCCCO. The molecule has 0 bridgehead atoms. The van der Waals surface area contributed by atoms with Crippen molar-refractivity contribution in [3.8, 4) is 0 Å². The number of hydrogen-bond acceptors (Lipinski definition) is 5. The third-order valence-corrected chi connectivity index (χ3v) is 4.87. The summed E-state index contributed by atoms with van der Waals surface area (Å²) in [7, 11) is -3.82. The van der Waals surface area contributed by atoms with Crippen LogP contribution in [0.3, 0.4) is 0 Å². The van der Waals surface area contributed by atoms with Gasteiger partial charge in [0.25, 0.3) is 0 Å². The summed E-state index contributed by atoms with van der Waals surface area (Å²) >= 11 is 0. The highest BCUT2D eigenvalue weighted by molar-refractivity contribution is 6.59. The number of aliphatic hydroxyl groups is 1. The summed E-state index contributed by atoms with van der Waals surface area (Å²) in [6.45, 7) is 3.51. The van der Waals surface area contributed by atoms with Crippen LogP contribution in [0.5, 0.6) is 0 Å². The molecule has 0 aromatic heterocycles. The molecule has 0 aliphatic rings. The van der Waals surface area contributed by atoms with Crippen LogP contribution in [0.2, 0.25) is 6.04 Å². The Bertz CT molecular complexity index is 281. The molecule has 0 aromatic carbocycles. The second-order valence-electron chi connectivity index (χ2n) is 5.38. The Morgan fingerprint density at radius 2 is 1.33 bits per heavy atom. The maximum Gasteiger partial charge on any atom is 0.562 e. The quantitative estimate of drug-likeness (QED) is 0.260. The van der Waals surface area contributed by atoms with E-state index >= 15 is 0 Å². The van der Waals surface area contributed by atoms with Crippen molar-refractivity contribution in [3.63, 3.8) is 0 Å². The van der Waals surface area contributed by atoms with E-state index in [-0.39, 0.29) is 6.04 Å². The zero-order valence-electron chi connectivity index (χ0n) is 12.9. The first-order valence-electron chi connectivity index (χ1n) is 7.93. The topological polar surface area (TPSA) is 87.0 Å². The minimum absolute atomic E-state index is 0.160. The molecule has 0 saturated carbocycles. The summed E-state index contributed by atoms with van der Waals surface area (Å²) in [5, 5.41) is 8.64. The lowest BCUT2D eigenvalue weighted by Crippen LogP contribution is -2.40. The van der Waals surface area contributed by atoms with Crippen LogP contribution in [0.15, 0.2) is 12.7 Å². The molecule has 0 radical (unpaired) electrons. The average Bonchev–Trinajstić information content (AvgIpc) is 2.44. The maximum atomic E-state index is 10.9. The van der Waals surface area contributed by atoms with E-state index in [4.69, 9.17) is 5.11 Å². The third-order valence-electron chi connectivity index (χ3n) is 3.34. The number of unbranched alkanes of at least 4 members (excludes halogenated alkanes) is 9. The van der Waals surface area contributed by atoms with Gasteiger partial charge in [0, 0.05) is 18.7 Å². The van der Waals surface area contributed by atoms with Crippen LogP contribution < -0.4 is 0 Å². The first-order chi connectivity index (χ1) is 10.0. The van der Waals surface area contributed by atoms with E-state index in [2.05, 4.69) is 11.0 Å². The van der Waals surface area contributed by atoms with E-state index in [1.54, 1.807) is 0 Å². The van der Waals surface area contributed by atoms with Crippen molar-refractivity contribution in [3.05, 3.63) is 12.7 Å². The van der Waals surface area contributed by atoms with Crippen LogP contribution in [-0.2, 0) is 9.22 Å². The summed E-state index contributed by atoms with van der Waals surface area (Å²) in [6.07, 6.45) is 11.6. The van der Waals surface area contributed by atoms with Gasteiger partial charge in [-0.2, -0.15) is 0 Å². The zero-order chi connectivity index (χ0) is 16.0. The van der Waals surface area contributed by atoms with Crippen LogP contribution in [0.25, 0.3) is 0 Å². The predicted octanol–water partition coefficient (Wildman–Crippen LogP) is 2.53. The molecule has 0 spiro atoms. The lowest BCUT2D eigenvalue weighted by atomic mass is 10.1. The number of rotatable bonds is 14. The zero-order valence-corrected chi connectivity index (χ0v) is 13.9. The van der Waals surface area contributed by atoms with Crippen molar-refractivity contribution in [2.45, 2.75) is 70.3 Å². The molecule has 0 aromatic rings. The van der Waals surface area contributed by atoms with E-state index in [1.165, 1.54) is 25.7 Å². The van der Waals surface area contributed by atoms with Crippen molar-refractivity contribution < 1.29 is 23.9 Å². The fourth-order valence-electron chi connectivity index (χ4n) is 2.14. The molecule has 0 amide bonds. The normalized spacial score (nSPS) is 11.4. The molecule has 6 heteroatoms. The highest BCUT2D eigenvalue weighted by Gasteiger charge is 2.35. The minimum Gasteiger partial charge on any atom is -0.470 e. The van der Waals surface area contributed by atoms with Crippen LogP contribution in [0.4, 0.5) is 0 Å². The minimum atomic E-state index is -3.82. The monoisotopic (exact) mass is 318 g/mol. The standard InChI is InChI=1S/C15H30O5Si/c1-2-15(17)20-21(18,19)14-12-10-8-6-4-3-5-7-9-11-13-16/h2,16,18-19H,1,3-14H2. The molecule has 124 valence electrons. The highest BCUT2D eigenvalue weighted by atomic mass is 28.4. The lowest BCUT2D eigenvalue weighted by molar-refractivity contribution is -0.132. The first-order valence-corrected chi connectivity index (χ1v) is 9.94. The molecule has 0 atom stereocenters. The Morgan fingerprint density at radius 1 is 0.905 bits per heavy atom. The van der Waals surface area contributed by atoms with Gasteiger partial charge in [-0.25, -0.2) is 4.79 Å². The molecule has 3 N–H and O–H groups in total. The Kier molecular flexibility index (Phi) is 12.6. The molecule has 0 unspecified atom stereocenters. The van der Waals surface area contributed by atoms with Crippen LogP contribution in [0.1, 0.15) is 64.2 Å². The van der Waals surface area contributed by atoms with E-state index in [1.807, 2.05) is 0 Å². The number of carbonyl (C=O) groups excluding carboxylic acids is 1. The smallest absolute Gasteiger partial charge is 0.470 e. The van der Waals surface area contributed by atoms with Crippen LogP contribution >= 0.6 is 0 Å². The Morgan fingerprint density at radius 3 is 1.76 bits per heavy atom. The molecule has 0 aliphatic carbocycles. The van der Waals surface area contributed by atoms with Gasteiger partial charge in [0.05, 0.1) is 0 Å². The molecule has 0 aliphatic heterocycles. The summed E-state index contributed by atoms with van der Waals surface area (Å²) in [4.78, 5) is 30.0. The van der Waals surface area contributed by atoms with Crippen molar-refractivity contribution in [1.82, 2.24) is 0 Å². The predicted molar refractivity (Wildman–Crippen MR) is 84.5 cm³/mol. The first kappa shape index (κ1) is 20.3. The Balaban J connectivity index is 3.35. The second-order valence-corrected chi connectivity index (χ2v) is 7.57. The van der Waals surface area contributed by atoms with Crippen molar-refractivity contribution in [2.75, 3.05) is 6.61 Å². The van der Waals surface area contributed by atoms with Gasteiger partial charge in [0.2, 0.25) is 0 Å². The maximum absolute atomic E-state index is 10.9. The molecular formula is C15H30O5Si. The van der Waals surface area contributed by atoms with Gasteiger partial charge >= 0.3 is 14.8 Å². The molecule has 0 fully saturated rings. The number of carbonyl (C=O) groups is 1. The summed E-state index contributed by atoms with van der Waals surface area (Å²) in [6, 6.07) is 0.160. The van der Waals surface area contributed by atoms with Gasteiger partial charge in [-0.3, -0.25) is 0 Å². The summed E-state index contributed by atoms with van der Waals surface area (Å²) in [5.41, 5.74) is 0. The van der Waals surface area contributed by atoms with Gasteiger partial charge in [-0.05, 0) is 12.8 Å². The Hall–Kier alpha value is -0.693. The van der Waals surface area contributed by atoms with Crippen molar-refractivity contribution >= 4 is 14.8 Å². The van der Waals surface area contributed by atoms with E-state index < -0.39 is 14.8 Å². The number of hydrogen-bond donors (Lipinski definition) is 3. The molecule has 0 rings (SSSR count). The van der Waals surface area contributed by atoms with Crippen LogP contribution in [-0.4, -0.2) is 36.1 Å². The molecule has 0 saturated heterocycles. The van der Waals surface area contributed by atoms with Gasteiger partial charge in [-0.1, -0.05) is 57.9 Å². The lowest BCUT2D eigenvalue weighted by Gasteiger charge is -2.16. The van der Waals surface area contributed by atoms with Gasteiger partial charge < -0.3 is 19.1 Å². The summed E-state index contributed by atoms with van der Waals surface area (Å²) < 4.78 is 4.55. The largest absolute Gasteiger partial charge is 0.562 e. The Labute approximate surface area is 129 Å². The van der Waals surface area contributed by atoms with Gasteiger partial charge in [0.15, 0.2) is 0 Å². The van der Waals surface area contributed by atoms with Gasteiger partial charge in [0.1, 0.15) is 0 Å². The van der Waals surface area contributed by atoms with Crippen LogP contribution in [0, 0.1) is 0 Å². The van der Waals surface area contributed by atoms with Crippen molar-refractivity contribution in [1.29, 1.82) is 0 Å². The second kappa shape index (κ2) is 13.0. The van der Waals surface area contributed by atoms with Gasteiger partial charge in [-0.15, -0.1) is 0 Å².